The van der Waals surface area contributed by atoms with Crippen LogP contribution in [-0.2, 0) is 0 Å². The second-order valence-corrected chi connectivity index (χ2v) is 15.8. The summed E-state index contributed by atoms with van der Waals surface area (Å²) < 4.78 is 0. The van der Waals surface area contributed by atoms with Crippen molar-refractivity contribution in [1.29, 1.82) is 0 Å². The molecule has 3 heteroatoms. The van der Waals surface area contributed by atoms with Crippen LogP contribution < -0.4 is 0 Å². The third kappa shape index (κ3) is 5.98. The van der Waals surface area contributed by atoms with E-state index in [4.69, 9.17) is 9.97 Å². The molecule has 3 nitrogen and oxygen atoms in total. The van der Waals surface area contributed by atoms with Gasteiger partial charge in [-0.1, -0.05) is 194 Å². The van der Waals surface area contributed by atoms with Crippen LogP contribution in [0.5, 0.6) is 0 Å². The zero-order valence-electron chi connectivity index (χ0n) is 33.2. The fourth-order valence-electron chi connectivity index (χ4n) is 9.32. The molecule has 10 aromatic carbocycles. The smallest absolute Gasteiger partial charge is 0.160 e. The molecule has 1 N–H and O–H groups in total. The van der Waals surface area contributed by atoms with Crippen molar-refractivity contribution in [2.24, 2.45) is 0 Å². The second kappa shape index (κ2) is 14.3. The monoisotopic (exact) mass is 775 g/mol. The highest BCUT2D eigenvalue weighted by atomic mass is 14.9. The van der Waals surface area contributed by atoms with Crippen molar-refractivity contribution in [1.82, 2.24) is 15.0 Å². The minimum atomic E-state index is 0.689. The van der Waals surface area contributed by atoms with Gasteiger partial charge in [0.05, 0.1) is 17.1 Å². The van der Waals surface area contributed by atoms with Gasteiger partial charge >= 0.3 is 0 Å². The fraction of sp³-hybridized carbons (Fsp3) is 0. The van der Waals surface area contributed by atoms with Crippen LogP contribution in [0.25, 0.3) is 121 Å². The molecule has 12 rings (SSSR count). The van der Waals surface area contributed by atoms with E-state index in [0.717, 1.165) is 44.9 Å². The first-order valence-corrected chi connectivity index (χ1v) is 20.8. The third-order valence-corrected chi connectivity index (χ3v) is 12.3. The molecule has 0 aliphatic heterocycles. The number of aromatic nitrogens is 3. The lowest BCUT2D eigenvalue weighted by Gasteiger charge is -2.14. The molecule has 0 fully saturated rings. The Balaban J connectivity index is 1.01. The molecule has 0 spiro atoms. The highest BCUT2D eigenvalue weighted by molar-refractivity contribution is 6.14. The normalized spacial score (nSPS) is 11.6. The molecule has 0 unspecified atom stereocenters. The molecule has 0 aliphatic rings. The molecule has 0 bridgehead atoms. The van der Waals surface area contributed by atoms with Gasteiger partial charge in [0.1, 0.15) is 0 Å². The van der Waals surface area contributed by atoms with Gasteiger partial charge in [-0.2, -0.15) is 0 Å². The van der Waals surface area contributed by atoms with Crippen molar-refractivity contribution < 1.29 is 0 Å². The Kier molecular flexibility index (Phi) is 8.17. The van der Waals surface area contributed by atoms with Gasteiger partial charge in [-0.05, 0) is 88.9 Å². The molecule has 61 heavy (non-hydrogen) atoms. The van der Waals surface area contributed by atoms with E-state index in [0.29, 0.717) is 5.82 Å². The standard InChI is InChI=1S/C58H37N3/c1-4-19-44-37(13-1)16-12-26-45(44)40-17-11-18-42(33-40)58-60-55(35-56(61-58)54-34-41-14-2-5-20-46(41)49-22-8-10-25-52(49)54)39-29-27-38(28-30-39)47-31-32-53(51-24-9-7-23-50(47)51)57-48-21-6-3-15-43(48)36-59-57/h1-36,59H. The molecule has 0 amide bonds. The Hall–Kier alpha value is -8.14. The molecule has 12 aromatic rings. The average molecular weight is 776 g/mol. The fourth-order valence-corrected chi connectivity index (χ4v) is 9.32. The molecule has 0 saturated heterocycles. The third-order valence-electron chi connectivity index (χ3n) is 12.3. The van der Waals surface area contributed by atoms with Crippen LogP contribution in [0.15, 0.2) is 219 Å². The number of nitrogens with one attached hydrogen (secondary N) is 1. The molecule has 0 saturated carbocycles. The highest BCUT2D eigenvalue weighted by Gasteiger charge is 2.17. The van der Waals surface area contributed by atoms with E-state index >= 15 is 0 Å². The number of nitrogens with zero attached hydrogens (tertiary/aromatic N) is 2. The van der Waals surface area contributed by atoms with Crippen LogP contribution in [0.3, 0.4) is 0 Å². The van der Waals surface area contributed by atoms with E-state index in [9.17, 15) is 0 Å². The zero-order chi connectivity index (χ0) is 40.3. The Morgan fingerprint density at radius 3 is 1.62 bits per heavy atom. The van der Waals surface area contributed by atoms with Gasteiger partial charge in [-0.25, -0.2) is 9.97 Å². The van der Waals surface area contributed by atoms with E-state index < -0.39 is 0 Å². The lowest BCUT2D eigenvalue weighted by atomic mass is 9.92. The van der Waals surface area contributed by atoms with Crippen molar-refractivity contribution in [3.63, 3.8) is 0 Å². The first-order chi connectivity index (χ1) is 30.2. The molecule has 0 aliphatic carbocycles. The maximum atomic E-state index is 5.39. The zero-order valence-corrected chi connectivity index (χ0v) is 33.2. The highest BCUT2D eigenvalue weighted by Crippen LogP contribution is 2.40. The summed E-state index contributed by atoms with van der Waals surface area (Å²) in [5, 5.41) is 12.1. The van der Waals surface area contributed by atoms with Crippen LogP contribution in [-0.4, -0.2) is 15.0 Å². The Bertz CT molecular complexity index is 3650. The molecule has 2 aromatic heterocycles. The molecule has 0 atom stereocenters. The SMILES string of the molecule is c1cc(-c2nc(-c3ccc(-c4ccc(-c5[nH]cc6ccccc56)c5ccccc45)cc3)cc(-c3cc4ccccc4c4ccccc34)n2)cc(-c2cccc3ccccc23)c1. The van der Waals surface area contributed by atoms with Gasteiger partial charge < -0.3 is 4.98 Å². The van der Waals surface area contributed by atoms with Crippen molar-refractivity contribution in [2.75, 3.05) is 0 Å². The molecule has 284 valence electrons. The average Bonchev–Trinajstić information content (AvgIpc) is 3.77. The van der Waals surface area contributed by atoms with E-state index in [1.807, 2.05) is 0 Å². The predicted molar refractivity (Wildman–Crippen MR) is 257 cm³/mol. The van der Waals surface area contributed by atoms with Gasteiger partial charge in [0, 0.05) is 33.8 Å². The van der Waals surface area contributed by atoms with Crippen LogP contribution in [0.1, 0.15) is 0 Å². The Labute approximate surface area is 353 Å². The summed E-state index contributed by atoms with van der Waals surface area (Å²) in [6.07, 6.45) is 2.10. The van der Waals surface area contributed by atoms with Gasteiger partial charge in [0.25, 0.3) is 0 Å². The van der Waals surface area contributed by atoms with Crippen molar-refractivity contribution in [3.05, 3.63) is 219 Å². The summed E-state index contributed by atoms with van der Waals surface area (Å²) in [6, 6.07) is 76.1. The molecule has 2 heterocycles. The van der Waals surface area contributed by atoms with Crippen LogP contribution in [0.2, 0.25) is 0 Å². The largest absolute Gasteiger partial charge is 0.360 e. The quantitative estimate of drug-likeness (QED) is 0.171. The summed E-state index contributed by atoms with van der Waals surface area (Å²) >= 11 is 0. The van der Waals surface area contributed by atoms with Crippen LogP contribution >= 0.6 is 0 Å². The summed E-state index contributed by atoms with van der Waals surface area (Å²) in [6.45, 7) is 0. The van der Waals surface area contributed by atoms with E-state index in [1.54, 1.807) is 0 Å². The Morgan fingerprint density at radius 1 is 0.279 bits per heavy atom. The lowest BCUT2D eigenvalue weighted by Crippen LogP contribution is -1.97. The van der Waals surface area contributed by atoms with Gasteiger partial charge in [0.2, 0.25) is 0 Å². The number of benzene rings is 10. The van der Waals surface area contributed by atoms with Crippen molar-refractivity contribution in [2.45, 2.75) is 0 Å². The second-order valence-electron chi connectivity index (χ2n) is 15.8. The van der Waals surface area contributed by atoms with Crippen molar-refractivity contribution >= 4 is 53.9 Å². The summed E-state index contributed by atoms with van der Waals surface area (Å²) in [5.74, 6) is 0.689. The van der Waals surface area contributed by atoms with Crippen LogP contribution in [0.4, 0.5) is 0 Å². The first kappa shape index (κ1) is 34.9. The van der Waals surface area contributed by atoms with E-state index in [-0.39, 0.29) is 0 Å². The number of aromatic amines is 1. The molecule has 0 radical (unpaired) electrons. The lowest BCUT2D eigenvalue weighted by molar-refractivity contribution is 1.19. The van der Waals surface area contributed by atoms with Gasteiger partial charge in [0.15, 0.2) is 5.82 Å². The number of fused-ring (bicyclic) bond motifs is 6. The van der Waals surface area contributed by atoms with Crippen LogP contribution in [0, 0.1) is 0 Å². The Morgan fingerprint density at radius 2 is 0.820 bits per heavy atom. The van der Waals surface area contributed by atoms with Gasteiger partial charge in [-0.3, -0.25) is 0 Å². The molecular weight excluding hydrogens is 739 g/mol. The van der Waals surface area contributed by atoms with E-state index in [1.165, 1.54) is 70.6 Å². The number of H-pyrrole nitrogens is 1. The van der Waals surface area contributed by atoms with Gasteiger partial charge in [-0.15, -0.1) is 0 Å². The minimum absolute atomic E-state index is 0.689. The van der Waals surface area contributed by atoms with Crippen molar-refractivity contribution in [3.8, 4) is 67.4 Å². The number of rotatable bonds is 6. The minimum Gasteiger partial charge on any atom is -0.360 e. The maximum Gasteiger partial charge on any atom is 0.160 e. The predicted octanol–water partition coefficient (Wildman–Crippen LogP) is 15.6. The topological polar surface area (TPSA) is 41.6 Å². The number of hydrogen-bond donors (Lipinski definition) is 1. The molecular formula is C58H37N3. The summed E-state index contributed by atoms with van der Waals surface area (Å²) in [5.41, 5.74) is 11.9. The first-order valence-electron chi connectivity index (χ1n) is 20.8. The summed E-state index contributed by atoms with van der Waals surface area (Å²) in [7, 11) is 0. The maximum absolute atomic E-state index is 5.39. The number of hydrogen-bond acceptors (Lipinski definition) is 2. The van der Waals surface area contributed by atoms with E-state index in [2.05, 4.69) is 224 Å². The summed E-state index contributed by atoms with van der Waals surface area (Å²) in [4.78, 5) is 14.3.